The number of allylic oxidation sites excluding steroid dienone is 1. The molecule has 1 aliphatic carbocycles. The predicted octanol–water partition coefficient (Wildman–Crippen LogP) is 4.67. The van der Waals surface area contributed by atoms with Crippen molar-refractivity contribution < 1.29 is 4.79 Å². The van der Waals surface area contributed by atoms with Crippen LogP contribution in [0.25, 0.3) is 0 Å². The molecule has 18 heavy (non-hydrogen) atoms. The third-order valence-corrected chi connectivity index (χ3v) is 3.73. The molecule has 1 aliphatic rings. The molecule has 1 fully saturated rings. The molecule has 0 saturated heterocycles. The van der Waals surface area contributed by atoms with E-state index in [1.165, 1.54) is 12.8 Å². The zero-order valence-corrected chi connectivity index (χ0v) is 11.8. The smallest absolute Gasteiger partial charge is 0.134 e. The van der Waals surface area contributed by atoms with Gasteiger partial charge in [-0.25, -0.2) is 0 Å². The van der Waals surface area contributed by atoms with Crippen LogP contribution in [0.15, 0.2) is 12.7 Å². The van der Waals surface area contributed by atoms with Crippen LogP contribution in [0.3, 0.4) is 0 Å². The molecule has 0 heterocycles. The molecule has 0 amide bonds. The van der Waals surface area contributed by atoms with Crippen molar-refractivity contribution in [3.05, 3.63) is 12.7 Å². The number of unbranched alkanes of at least 4 members (excludes halogenated alkanes) is 2. The SMILES string of the molecule is C=CCC[C@]1(C#CCCCC)CCCCC(=O)C1. The van der Waals surface area contributed by atoms with E-state index in [2.05, 4.69) is 25.3 Å². The number of rotatable bonds is 5. The van der Waals surface area contributed by atoms with Crippen LogP contribution in [0.5, 0.6) is 0 Å². The van der Waals surface area contributed by atoms with Crippen molar-refractivity contribution >= 4 is 5.78 Å². The van der Waals surface area contributed by atoms with Gasteiger partial charge in [0.25, 0.3) is 0 Å². The highest BCUT2D eigenvalue weighted by molar-refractivity contribution is 5.79. The minimum absolute atomic E-state index is 0.0461. The number of carbonyl (C=O) groups excluding carboxylic acids is 1. The maximum absolute atomic E-state index is 11.9. The second-order valence-electron chi connectivity index (χ2n) is 5.44. The molecule has 0 aliphatic heterocycles. The van der Waals surface area contributed by atoms with E-state index >= 15 is 0 Å². The van der Waals surface area contributed by atoms with Crippen LogP contribution in [0.1, 0.15) is 71.1 Å². The number of carbonyl (C=O) groups is 1. The molecule has 0 aromatic carbocycles. The molecule has 0 unspecified atom stereocenters. The average molecular weight is 246 g/mol. The summed E-state index contributed by atoms with van der Waals surface area (Å²) in [7, 11) is 0. The van der Waals surface area contributed by atoms with E-state index in [1.807, 2.05) is 6.08 Å². The molecule has 0 spiro atoms. The third-order valence-electron chi connectivity index (χ3n) is 3.73. The molecule has 1 rings (SSSR count). The van der Waals surface area contributed by atoms with Crippen molar-refractivity contribution in [2.45, 2.75) is 71.1 Å². The summed E-state index contributed by atoms with van der Waals surface area (Å²) >= 11 is 0. The number of ketones is 1. The summed E-state index contributed by atoms with van der Waals surface area (Å²) < 4.78 is 0. The van der Waals surface area contributed by atoms with Gasteiger partial charge < -0.3 is 0 Å². The molecule has 1 atom stereocenters. The predicted molar refractivity (Wildman–Crippen MR) is 77.3 cm³/mol. The maximum atomic E-state index is 11.9. The van der Waals surface area contributed by atoms with Crippen molar-refractivity contribution in [2.24, 2.45) is 5.41 Å². The molecule has 0 aromatic rings. The summed E-state index contributed by atoms with van der Waals surface area (Å²) in [6, 6.07) is 0. The molecule has 0 N–H and O–H groups in total. The largest absolute Gasteiger partial charge is 0.300 e. The Balaban J connectivity index is 2.73. The van der Waals surface area contributed by atoms with E-state index in [1.54, 1.807) is 0 Å². The van der Waals surface area contributed by atoms with Gasteiger partial charge >= 0.3 is 0 Å². The lowest BCUT2D eigenvalue weighted by molar-refractivity contribution is -0.120. The van der Waals surface area contributed by atoms with E-state index in [9.17, 15) is 4.79 Å². The second kappa shape index (κ2) is 8.14. The van der Waals surface area contributed by atoms with Crippen molar-refractivity contribution in [3.8, 4) is 11.8 Å². The summed E-state index contributed by atoms with van der Waals surface area (Å²) in [4.78, 5) is 11.9. The van der Waals surface area contributed by atoms with Gasteiger partial charge in [-0.2, -0.15) is 0 Å². The van der Waals surface area contributed by atoms with E-state index in [-0.39, 0.29) is 5.41 Å². The molecule has 1 saturated carbocycles. The highest BCUT2D eigenvalue weighted by Crippen LogP contribution is 2.37. The standard InChI is InChI=1S/C17H26O/c1-3-5-7-9-13-17(12-6-4-2)14-10-8-11-16(18)15-17/h4H,2-3,5-8,10-12,14-15H2,1H3/t17-/m0/s1. The first-order valence-electron chi connectivity index (χ1n) is 7.35. The van der Waals surface area contributed by atoms with Gasteiger partial charge in [0.15, 0.2) is 0 Å². The van der Waals surface area contributed by atoms with Crippen LogP contribution in [0, 0.1) is 17.3 Å². The summed E-state index contributed by atoms with van der Waals surface area (Å²) in [6.07, 6.45) is 11.9. The van der Waals surface area contributed by atoms with Crippen LogP contribution in [0.2, 0.25) is 0 Å². The van der Waals surface area contributed by atoms with Crippen LogP contribution < -0.4 is 0 Å². The van der Waals surface area contributed by atoms with Gasteiger partial charge in [-0.1, -0.05) is 31.8 Å². The monoisotopic (exact) mass is 246 g/mol. The second-order valence-corrected chi connectivity index (χ2v) is 5.44. The van der Waals surface area contributed by atoms with Crippen LogP contribution in [-0.4, -0.2) is 5.78 Å². The molecule has 0 bridgehead atoms. The summed E-state index contributed by atoms with van der Waals surface area (Å²) in [5.74, 6) is 7.18. The van der Waals surface area contributed by atoms with Gasteiger partial charge in [-0.05, 0) is 32.1 Å². The first-order valence-corrected chi connectivity index (χ1v) is 7.35. The Bertz CT molecular complexity index is 331. The Morgan fingerprint density at radius 2 is 2.28 bits per heavy atom. The highest BCUT2D eigenvalue weighted by Gasteiger charge is 2.31. The van der Waals surface area contributed by atoms with Gasteiger partial charge in [0.1, 0.15) is 5.78 Å². The zero-order chi connectivity index (χ0) is 13.3. The van der Waals surface area contributed by atoms with Gasteiger partial charge in [0.2, 0.25) is 0 Å². The molecular formula is C17H26O. The number of Topliss-reactive ketones (excluding diaryl/α,β-unsaturated/α-hetero) is 1. The van der Waals surface area contributed by atoms with E-state index in [0.717, 1.165) is 44.9 Å². The molecular weight excluding hydrogens is 220 g/mol. The lowest BCUT2D eigenvalue weighted by atomic mass is 9.76. The van der Waals surface area contributed by atoms with E-state index in [4.69, 9.17) is 0 Å². The highest BCUT2D eigenvalue weighted by atomic mass is 16.1. The fourth-order valence-electron chi connectivity index (χ4n) is 2.62. The molecule has 0 radical (unpaired) electrons. The fraction of sp³-hybridized carbons (Fsp3) is 0.706. The number of hydrogen-bond donors (Lipinski definition) is 0. The van der Waals surface area contributed by atoms with Gasteiger partial charge in [-0.3, -0.25) is 4.79 Å². The molecule has 100 valence electrons. The Kier molecular flexibility index (Phi) is 6.80. The zero-order valence-electron chi connectivity index (χ0n) is 11.8. The Labute approximate surface area is 112 Å². The van der Waals surface area contributed by atoms with Crippen molar-refractivity contribution in [1.29, 1.82) is 0 Å². The average Bonchev–Trinajstić information content (AvgIpc) is 2.55. The van der Waals surface area contributed by atoms with Crippen molar-refractivity contribution in [1.82, 2.24) is 0 Å². The molecule has 1 nitrogen and oxygen atoms in total. The maximum Gasteiger partial charge on any atom is 0.134 e. The van der Waals surface area contributed by atoms with Crippen molar-refractivity contribution in [2.75, 3.05) is 0 Å². The van der Waals surface area contributed by atoms with Crippen LogP contribution >= 0.6 is 0 Å². The first kappa shape index (κ1) is 15.0. The minimum atomic E-state index is -0.0461. The lowest BCUT2D eigenvalue weighted by Crippen LogP contribution is -2.21. The Morgan fingerprint density at radius 1 is 1.44 bits per heavy atom. The van der Waals surface area contributed by atoms with Gasteiger partial charge in [0.05, 0.1) is 0 Å². The molecule has 1 heteroatoms. The number of hydrogen-bond acceptors (Lipinski definition) is 1. The summed E-state index contributed by atoms with van der Waals surface area (Å²) in [6.45, 7) is 5.98. The minimum Gasteiger partial charge on any atom is -0.300 e. The quantitative estimate of drug-likeness (QED) is 0.298. The summed E-state index contributed by atoms with van der Waals surface area (Å²) in [5.41, 5.74) is -0.0461. The normalized spacial score (nSPS) is 23.9. The third kappa shape index (κ3) is 5.08. The van der Waals surface area contributed by atoms with Crippen LogP contribution in [0.4, 0.5) is 0 Å². The van der Waals surface area contributed by atoms with E-state index < -0.39 is 0 Å². The summed E-state index contributed by atoms with van der Waals surface area (Å²) in [5, 5.41) is 0. The van der Waals surface area contributed by atoms with Gasteiger partial charge in [-0.15, -0.1) is 12.5 Å². The topological polar surface area (TPSA) is 17.1 Å². The van der Waals surface area contributed by atoms with Crippen molar-refractivity contribution in [3.63, 3.8) is 0 Å². The Morgan fingerprint density at radius 3 is 3.00 bits per heavy atom. The van der Waals surface area contributed by atoms with E-state index in [0.29, 0.717) is 12.2 Å². The Hall–Kier alpha value is -1.03. The first-order chi connectivity index (χ1) is 8.72. The van der Waals surface area contributed by atoms with Gasteiger partial charge in [0, 0.05) is 24.7 Å². The fourth-order valence-corrected chi connectivity index (χ4v) is 2.62. The lowest BCUT2D eigenvalue weighted by Gasteiger charge is -2.25. The van der Waals surface area contributed by atoms with Crippen LogP contribution in [-0.2, 0) is 4.79 Å². The molecule has 0 aromatic heterocycles.